The molecule has 2 aliphatic rings. The van der Waals surface area contributed by atoms with E-state index in [-0.39, 0.29) is 0 Å². The number of fused-ring (bicyclic) bond motifs is 2. The second-order valence-corrected chi connectivity index (χ2v) is 10.2. The Hall–Kier alpha value is -2.43. The number of rotatable bonds is 4. The van der Waals surface area contributed by atoms with Crippen molar-refractivity contribution in [1.29, 1.82) is 0 Å². The molecular weight excluding hydrogens is 398 g/mol. The van der Waals surface area contributed by atoms with E-state index in [0.29, 0.717) is 12.0 Å². The van der Waals surface area contributed by atoms with Crippen molar-refractivity contribution in [2.45, 2.75) is 45.1 Å². The Labute approximate surface area is 189 Å². The number of amidine groups is 1. The predicted octanol–water partition coefficient (Wildman–Crippen LogP) is 5.76. The summed E-state index contributed by atoms with van der Waals surface area (Å²) < 4.78 is 0. The molecule has 0 bridgehead atoms. The molecule has 2 aliphatic heterocycles. The van der Waals surface area contributed by atoms with E-state index in [2.05, 4.69) is 84.7 Å². The summed E-state index contributed by atoms with van der Waals surface area (Å²) in [6.07, 6.45) is 3.25. The van der Waals surface area contributed by atoms with E-state index < -0.39 is 0 Å². The molecule has 1 saturated heterocycles. The van der Waals surface area contributed by atoms with Crippen LogP contribution in [0.1, 0.15) is 52.6 Å². The van der Waals surface area contributed by atoms with Crippen molar-refractivity contribution in [3.8, 4) is 0 Å². The van der Waals surface area contributed by atoms with Crippen LogP contribution in [0.15, 0.2) is 65.7 Å². The number of para-hydroxylation sites is 1. The van der Waals surface area contributed by atoms with Crippen LogP contribution in [0.25, 0.3) is 0 Å². The first-order valence-electron chi connectivity index (χ1n) is 11.5. The number of benzene rings is 2. The van der Waals surface area contributed by atoms with Crippen LogP contribution in [-0.2, 0) is 12.8 Å². The van der Waals surface area contributed by atoms with Gasteiger partial charge in [-0.05, 0) is 42.0 Å². The zero-order valence-electron chi connectivity index (χ0n) is 18.5. The van der Waals surface area contributed by atoms with E-state index >= 15 is 0 Å². The quantitative estimate of drug-likeness (QED) is 0.571. The summed E-state index contributed by atoms with van der Waals surface area (Å²) in [6, 6.07) is 22.4. The fraction of sp³-hybridized carbons (Fsp3) is 0.370. The van der Waals surface area contributed by atoms with Gasteiger partial charge in [-0.25, -0.2) is 4.99 Å². The molecule has 31 heavy (non-hydrogen) atoms. The molecule has 5 rings (SSSR count). The maximum absolute atomic E-state index is 5.25. The molecule has 160 valence electrons. The molecule has 2 aromatic carbocycles. The van der Waals surface area contributed by atoms with Crippen LogP contribution in [0.2, 0.25) is 0 Å². The molecule has 1 atom stereocenters. The number of aryl methyl sites for hydroxylation is 1. The van der Waals surface area contributed by atoms with Gasteiger partial charge in [0.15, 0.2) is 0 Å². The summed E-state index contributed by atoms with van der Waals surface area (Å²) in [6.45, 7) is 7.62. The topological polar surface area (TPSA) is 27.6 Å². The monoisotopic (exact) mass is 429 g/mol. The number of hydrogen-bond donors (Lipinski definition) is 1. The van der Waals surface area contributed by atoms with Gasteiger partial charge in [0.05, 0.1) is 5.69 Å². The first-order valence-corrected chi connectivity index (χ1v) is 12.3. The maximum atomic E-state index is 5.25. The van der Waals surface area contributed by atoms with Crippen molar-refractivity contribution in [3.05, 3.63) is 87.1 Å². The average Bonchev–Trinajstić information content (AvgIpc) is 3.15. The lowest BCUT2D eigenvalue weighted by molar-refractivity contribution is 0.282. The number of piperazine rings is 1. The lowest BCUT2D eigenvalue weighted by Gasteiger charge is -2.36. The molecule has 0 saturated carbocycles. The summed E-state index contributed by atoms with van der Waals surface area (Å²) in [5.74, 6) is 1.73. The van der Waals surface area contributed by atoms with Crippen LogP contribution in [0.4, 0.5) is 5.69 Å². The van der Waals surface area contributed by atoms with Crippen molar-refractivity contribution in [3.63, 3.8) is 0 Å². The second kappa shape index (κ2) is 8.97. The second-order valence-electron chi connectivity index (χ2n) is 9.00. The van der Waals surface area contributed by atoms with E-state index in [0.717, 1.165) is 44.6 Å². The minimum Gasteiger partial charge on any atom is -0.353 e. The Morgan fingerprint density at radius 3 is 2.74 bits per heavy atom. The fourth-order valence-corrected chi connectivity index (χ4v) is 5.79. The normalized spacial score (nSPS) is 18.4. The standard InChI is InChI=1S/C27H31N3S/c1-19(2)25-17-23-26(31-25)16-21-10-6-7-11-24(21)29-27(23)30-15-14-28-22(18-30)13-12-20-8-4-3-5-9-20/h3-11,17,19,22,28H,12-16,18H2,1-2H3/t22-/m0/s1. The predicted molar refractivity (Wildman–Crippen MR) is 132 cm³/mol. The van der Waals surface area contributed by atoms with Crippen LogP contribution in [0, 0.1) is 0 Å². The maximum Gasteiger partial charge on any atom is 0.137 e. The molecule has 0 spiro atoms. The zero-order valence-corrected chi connectivity index (χ0v) is 19.3. The van der Waals surface area contributed by atoms with Gasteiger partial charge < -0.3 is 10.2 Å². The Bertz CT molecular complexity index is 1070. The van der Waals surface area contributed by atoms with Gasteiger partial charge >= 0.3 is 0 Å². The molecule has 0 unspecified atom stereocenters. The minimum atomic E-state index is 0.488. The Morgan fingerprint density at radius 1 is 1.10 bits per heavy atom. The van der Waals surface area contributed by atoms with E-state index in [1.54, 1.807) is 0 Å². The van der Waals surface area contributed by atoms with Gasteiger partial charge in [0, 0.05) is 47.4 Å². The van der Waals surface area contributed by atoms with Crippen molar-refractivity contribution < 1.29 is 0 Å². The summed E-state index contributed by atoms with van der Waals surface area (Å²) in [4.78, 5) is 10.7. The summed E-state index contributed by atoms with van der Waals surface area (Å²) >= 11 is 1.97. The lowest BCUT2D eigenvalue weighted by Crippen LogP contribution is -2.52. The van der Waals surface area contributed by atoms with Crippen molar-refractivity contribution in [2.75, 3.05) is 19.6 Å². The summed E-state index contributed by atoms with van der Waals surface area (Å²) in [5.41, 5.74) is 5.25. The molecule has 1 N–H and O–H groups in total. The lowest BCUT2D eigenvalue weighted by atomic mass is 10.0. The molecule has 3 nitrogen and oxygen atoms in total. The molecule has 0 aliphatic carbocycles. The van der Waals surface area contributed by atoms with Crippen LogP contribution in [0.3, 0.4) is 0 Å². The Balaban J connectivity index is 1.42. The molecule has 3 aromatic rings. The molecule has 4 heteroatoms. The largest absolute Gasteiger partial charge is 0.353 e. The minimum absolute atomic E-state index is 0.488. The number of thiophene rings is 1. The molecule has 1 fully saturated rings. The third-order valence-corrected chi connectivity index (χ3v) is 7.82. The van der Waals surface area contributed by atoms with Gasteiger partial charge in [0.1, 0.15) is 5.84 Å². The van der Waals surface area contributed by atoms with Crippen LogP contribution in [-0.4, -0.2) is 36.4 Å². The van der Waals surface area contributed by atoms with E-state index in [1.165, 1.54) is 32.3 Å². The van der Waals surface area contributed by atoms with E-state index in [9.17, 15) is 0 Å². The summed E-state index contributed by atoms with van der Waals surface area (Å²) in [7, 11) is 0. The van der Waals surface area contributed by atoms with Crippen LogP contribution in [0.5, 0.6) is 0 Å². The molecule has 1 aromatic heterocycles. The highest BCUT2D eigenvalue weighted by Crippen LogP contribution is 2.36. The highest BCUT2D eigenvalue weighted by atomic mass is 32.1. The van der Waals surface area contributed by atoms with E-state index in [1.807, 2.05) is 11.3 Å². The third-order valence-electron chi connectivity index (χ3n) is 6.39. The fourth-order valence-electron chi connectivity index (χ4n) is 4.61. The van der Waals surface area contributed by atoms with Crippen molar-refractivity contribution >= 4 is 22.9 Å². The van der Waals surface area contributed by atoms with Gasteiger partial charge in [-0.1, -0.05) is 62.4 Å². The van der Waals surface area contributed by atoms with Crippen LogP contribution < -0.4 is 5.32 Å². The molecular formula is C27H31N3S. The van der Waals surface area contributed by atoms with Gasteiger partial charge in [-0.2, -0.15) is 0 Å². The highest BCUT2D eigenvalue weighted by Gasteiger charge is 2.28. The number of nitrogens with one attached hydrogen (secondary N) is 1. The van der Waals surface area contributed by atoms with Gasteiger partial charge in [-0.3, -0.25) is 0 Å². The number of aliphatic imine (C=N–C) groups is 1. The number of nitrogens with zero attached hydrogens (tertiary/aromatic N) is 2. The average molecular weight is 430 g/mol. The highest BCUT2D eigenvalue weighted by molar-refractivity contribution is 7.12. The van der Waals surface area contributed by atoms with Crippen molar-refractivity contribution in [1.82, 2.24) is 10.2 Å². The first-order chi connectivity index (χ1) is 15.2. The van der Waals surface area contributed by atoms with Crippen LogP contribution >= 0.6 is 11.3 Å². The zero-order chi connectivity index (χ0) is 21.2. The third kappa shape index (κ3) is 4.46. The van der Waals surface area contributed by atoms with Gasteiger partial charge in [0.25, 0.3) is 0 Å². The Morgan fingerprint density at radius 2 is 1.90 bits per heavy atom. The van der Waals surface area contributed by atoms with Crippen molar-refractivity contribution in [2.24, 2.45) is 4.99 Å². The molecule has 0 radical (unpaired) electrons. The first kappa shape index (κ1) is 20.5. The van der Waals surface area contributed by atoms with Gasteiger partial charge in [-0.15, -0.1) is 11.3 Å². The van der Waals surface area contributed by atoms with Gasteiger partial charge in [0.2, 0.25) is 0 Å². The molecule has 0 amide bonds. The number of hydrogen-bond acceptors (Lipinski definition) is 4. The summed E-state index contributed by atoms with van der Waals surface area (Å²) in [5, 5.41) is 3.75. The molecule has 3 heterocycles. The SMILES string of the molecule is CC(C)c1cc2c(s1)Cc1ccccc1N=C2N1CCN[C@@H](CCc2ccccc2)C1. The Kier molecular flexibility index (Phi) is 5.93. The van der Waals surface area contributed by atoms with E-state index in [4.69, 9.17) is 4.99 Å². The smallest absolute Gasteiger partial charge is 0.137 e.